The molecule has 1 aromatic carbocycles. The number of thiocarbonyl (C=S) groups is 1. The maximum atomic E-state index is 12.6. The molecule has 2 unspecified atom stereocenters. The van der Waals surface area contributed by atoms with Gasteiger partial charge in [-0.05, 0) is 48.6 Å². The Kier molecular flexibility index (Phi) is 5.47. The molecule has 28 heavy (non-hydrogen) atoms. The van der Waals surface area contributed by atoms with Gasteiger partial charge >= 0.3 is 5.97 Å². The zero-order valence-electron chi connectivity index (χ0n) is 15.9. The zero-order valence-corrected chi connectivity index (χ0v) is 17.5. The van der Waals surface area contributed by atoms with Gasteiger partial charge in [0.05, 0.1) is 11.3 Å². The van der Waals surface area contributed by atoms with Crippen molar-refractivity contribution in [2.24, 2.45) is 0 Å². The summed E-state index contributed by atoms with van der Waals surface area (Å²) in [6.45, 7) is 3.44. The SMILES string of the molecule is CCCN1c2ccc(C=C3SC(=S)N(CCC(=O)O)C3=O)cc2C2CCCC21. The predicted octanol–water partition coefficient (Wildman–Crippen LogP) is 4.23. The summed E-state index contributed by atoms with van der Waals surface area (Å²) in [7, 11) is 0. The van der Waals surface area contributed by atoms with E-state index in [-0.39, 0.29) is 18.9 Å². The maximum Gasteiger partial charge on any atom is 0.305 e. The molecular weight excluding hydrogens is 392 g/mol. The van der Waals surface area contributed by atoms with Crippen molar-refractivity contribution < 1.29 is 14.7 Å². The quantitative estimate of drug-likeness (QED) is 0.553. The van der Waals surface area contributed by atoms with Gasteiger partial charge in [0, 0.05) is 30.7 Å². The minimum atomic E-state index is -0.931. The molecule has 2 atom stereocenters. The largest absolute Gasteiger partial charge is 0.481 e. The first-order chi connectivity index (χ1) is 13.5. The van der Waals surface area contributed by atoms with Gasteiger partial charge in [0.25, 0.3) is 5.91 Å². The summed E-state index contributed by atoms with van der Waals surface area (Å²) in [5.41, 5.74) is 3.77. The number of carboxylic acids is 1. The average molecular weight is 417 g/mol. The third-order valence-electron chi connectivity index (χ3n) is 5.83. The van der Waals surface area contributed by atoms with E-state index >= 15 is 0 Å². The second kappa shape index (κ2) is 7.87. The van der Waals surface area contributed by atoms with Crippen LogP contribution in [0.2, 0.25) is 0 Å². The number of hydrogen-bond donors (Lipinski definition) is 1. The van der Waals surface area contributed by atoms with E-state index in [0.717, 1.165) is 18.5 Å². The molecule has 148 valence electrons. The molecular formula is C21H24N2O3S2. The van der Waals surface area contributed by atoms with Crippen LogP contribution in [0.4, 0.5) is 5.69 Å². The Labute approximate surface area is 174 Å². The van der Waals surface area contributed by atoms with Gasteiger partial charge in [0.2, 0.25) is 0 Å². The van der Waals surface area contributed by atoms with Crippen LogP contribution in [0.25, 0.3) is 6.08 Å². The lowest BCUT2D eigenvalue weighted by Gasteiger charge is -2.26. The summed E-state index contributed by atoms with van der Waals surface area (Å²) in [6.07, 6.45) is 6.71. The highest BCUT2D eigenvalue weighted by molar-refractivity contribution is 8.26. The fourth-order valence-electron chi connectivity index (χ4n) is 4.66. The van der Waals surface area contributed by atoms with Gasteiger partial charge in [-0.3, -0.25) is 14.5 Å². The normalized spacial score (nSPS) is 25.0. The van der Waals surface area contributed by atoms with Crippen LogP contribution in [-0.2, 0) is 9.59 Å². The van der Waals surface area contributed by atoms with E-state index in [1.807, 2.05) is 6.08 Å². The van der Waals surface area contributed by atoms with E-state index in [9.17, 15) is 9.59 Å². The molecule has 3 aliphatic rings. The van der Waals surface area contributed by atoms with Crippen LogP contribution in [0.15, 0.2) is 23.1 Å². The lowest BCUT2D eigenvalue weighted by Crippen LogP contribution is -2.31. The van der Waals surface area contributed by atoms with Gasteiger partial charge in [0.1, 0.15) is 4.32 Å². The molecule has 1 aliphatic carbocycles. The van der Waals surface area contributed by atoms with Crippen LogP contribution >= 0.6 is 24.0 Å². The molecule has 1 aromatic rings. The summed E-state index contributed by atoms with van der Waals surface area (Å²) in [5, 5.41) is 8.86. The topological polar surface area (TPSA) is 60.9 Å². The highest BCUT2D eigenvalue weighted by atomic mass is 32.2. The highest BCUT2D eigenvalue weighted by Gasteiger charge is 2.41. The van der Waals surface area contributed by atoms with Crippen LogP contribution in [0.1, 0.15) is 56.1 Å². The van der Waals surface area contributed by atoms with Crippen LogP contribution in [0, 0.1) is 0 Å². The molecule has 1 saturated heterocycles. The fraction of sp³-hybridized carbons (Fsp3) is 0.476. The van der Waals surface area contributed by atoms with Gasteiger partial charge in [0.15, 0.2) is 0 Å². The minimum Gasteiger partial charge on any atom is -0.481 e. The van der Waals surface area contributed by atoms with Crippen molar-refractivity contribution in [3.8, 4) is 0 Å². The molecule has 7 heteroatoms. The molecule has 2 aliphatic heterocycles. The molecule has 0 bridgehead atoms. The highest BCUT2D eigenvalue weighted by Crippen LogP contribution is 2.49. The Morgan fingerprint density at radius 2 is 2.18 bits per heavy atom. The second-order valence-corrected chi connectivity index (χ2v) is 9.27. The zero-order chi connectivity index (χ0) is 19.8. The average Bonchev–Trinajstić information content (AvgIpc) is 3.30. The van der Waals surface area contributed by atoms with E-state index in [1.165, 1.54) is 47.2 Å². The Bertz CT molecular complexity index is 867. The fourth-order valence-corrected chi connectivity index (χ4v) is 5.96. The Hall–Kier alpha value is -1.86. The first-order valence-corrected chi connectivity index (χ1v) is 11.1. The van der Waals surface area contributed by atoms with E-state index in [2.05, 4.69) is 30.0 Å². The monoisotopic (exact) mass is 416 g/mol. The number of rotatable bonds is 6. The van der Waals surface area contributed by atoms with Gasteiger partial charge < -0.3 is 10.0 Å². The van der Waals surface area contributed by atoms with Crippen molar-refractivity contribution in [3.05, 3.63) is 34.2 Å². The number of fused-ring (bicyclic) bond motifs is 3. The number of amides is 1. The molecule has 0 radical (unpaired) electrons. The number of aliphatic carboxylic acids is 1. The summed E-state index contributed by atoms with van der Waals surface area (Å²) in [6, 6.07) is 7.13. The number of thioether (sulfide) groups is 1. The number of benzene rings is 1. The van der Waals surface area contributed by atoms with Crippen molar-refractivity contribution in [2.45, 2.75) is 51.0 Å². The number of hydrogen-bond acceptors (Lipinski definition) is 5. The van der Waals surface area contributed by atoms with E-state index < -0.39 is 5.97 Å². The molecule has 0 aromatic heterocycles. The first-order valence-electron chi connectivity index (χ1n) is 9.87. The van der Waals surface area contributed by atoms with Crippen LogP contribution in [0.3, 0.4) is 0 Å². The van der Waals surface area contributed by atoms with E-state index in [1.54, 1.807) is 0 Å². The molecule has 0 spiro atoms. The maximum absolute atomic E-state index is 12.6. The third kappa shape index (κ3) is 3.46. The van der Waals surface area contributed by atoms with Crippen LogP contribution in [-0.4, -0.2) is 45.3 Å². The van der Waals surface area contributed by atoms with Crippen LogP contribution in [0.5, 0.6) is 0 Å². The number of carboxylic acid groups (broad SMARTS) is 1. The van der Waals surface area contributed by atoms with Gasteiger partial charge in [-0.15, -0.1) is 0 Å². The molecule has 4 rings (SSSR count). The van der Waals surface area contributed by atoms with Gasteiger partial charge in [-0.1, -0.05) is 43.4 Å². The van der Waals surface area contributed by atoms with Crippen molar-refractivity contribution in [3.63, 3.8) is 0 Å². The van der Waals surface area contributed by atoms with Crippen LogP contribution < -0.4 is 4.90 Å². The first kappa shape index (κ1) is 19.5. The van der Waals surface area contributed by atoms with Crippen molar-refractivity contribution in [1.29, 1.82) is 0 Å². The Morgan fingerprint density at radius 1 is 1.36 bits per heavy atom. The van der Waals surface area contributed by atoms with E-state index in [0.29, 0.717) is 21.2 Å². The lowest BCUT2D eigenvalue weighted by atomic mass is 9.96. The van der Waals surface area contributed by atoms with Crippen molar-refractivity contribution in [1.82, 2.24) is 4.90 Å². The number of nitrogens with zero attached hydrogens (tertiary/aromatic N) is 2. The summed E-state index contributed by atoms with van der Waals surface area (Å²) >= 11 is 6.53. The summed E-state index contributed by atoms with van der Waals surface area (Å²) < 4.78 is 0.434. The number of anilines is 1. The van der Waals surface area contributed by atoms with Gasteiger partial charge in [-0.25, -0.2) is 0 Å². The third-order valence-corrected chi connectivity index (χ3v) is 7.20. The Morgan fingerprint density at radius 3 is 2.93 bits per heavy atom. The molecule has 1 saturated carbocycles. The minimum absolute atomic E-state index is 0.102. The predicted molar refractivity (Wildman–Crippen MR) is 117 cm³/mol. The summed E-state index contributed by atoms with van der Waals surface area (Å²) in [5.74, 6) is -0.525. The second-order valence-electron chi connectivity index (χ2n) is 7.59. The molecule has 2 fully saturated rings. The van der Waals surface area contributed by atoms with Crippen molar-refractivity contribution >= 4 is 51.9 Å². The van der Waals surface area contributed by atoms with E-state index in [4.69, 9.17) is 17.3 Å². The lowest BCUT2D eigenvalue weighted by molar-refractivity contribution is -0.137. The van der Waals surface area contributed by atoms with Crippen molar-refractivity contribution in [2.75, 3.05) is 18.0 Å². The molecule has 1 amide bonds. The standard InChI is InChI=1S/C21H24N2O3S2/c1-2-9-22-16-5-3-4-14(16)15-11-13(6-7-17(15)22)12-18-20(26)23(21(27)28-18)10-8-19(24)25/h6-7,11-12,14,16H,2-5,8-10H2,1H3,(H,24,25). The Balaban J connectivity index is 1.58. The molecule has 2 heterocycles. The summed E-state index contributed by atoms with van der Waals surface area (Å²) in [4.78, 5) is 28.0. The van der Waals surface area contributed by atoms with Gasteiger partial charge in [-0.2, -0.15) is 0 Å². The smallest absolute Gasteiger partial charge is 0.305 e. The number of carbonyl (C=O) groups is 2. The molecule has 1 N–H and O–H groups in total. The number of carbonyl (C=O) groups excluding carboxylic acids is 1. The molecule has 5 nitrogen and oxygen atoms in total.